The first-order chi connectivity index (χ1) is 9.47. The van der Waals surface area contributed by atoms with Crippen LogP contribution in [0.3, 0.4) is 0 Å². The van der Waals surface area contributed by atoms with Crippen LogP contribution >= 0.6 is 27.3 Å². The minimum atomic E-state index is -1.07. The normalized spacial score (nSPS) is 12.1. The summed E-state index contributed by atoms with van der Waals surface area (Å²) in [6.07, 6.45) is 0. The summed E-state index contributed by atoms with van der Waals surface area (Å²) in [5.41, 5.74) is -0.922. The summed E-state index contributed by atoms with van der Waals surface area (Å²) in [7, 11) is 1.69. The molecule has 1 rings (SSSR count). The van der Waals surface area contributed by atoms with Gasteiger partial charge in [-0.15, -0.1) is 11.3 Å². The fourth-order valence-electron chi connectivity index (χ4n) is 1.56. The molecular formula is C14H21BrN2O3S. The quantitative estimate of drug-likeness (QED) is 0.825. The van der Waals surface area contributed by atoms with Crippen molar-refractivity contribution in [2.75, 3.05) is 7.05 Å². The number of nitrogens with zero attached hydrogens (tertiary/aromatic N) is 1. The monoisotopic (exact) mass is 376 g/mol. The van der Waals surface area contributed by atoms with Gasteiger partial charge in [-0.05, 0) is 60.6 Å². The summed E-state index contributed by atoms with van der Waals surface area (Å²) in [5, 5.41) is 14.1. The molecule has 118 valence electrons. The molecule has 0 spiro atoms. The zero-order valence-corrected chi connectivity index (χ0v) is 15.3. The number of aliphatic carboxylic acids is 1. The highest BCUT2D eigenvalue weighted by atomic mass is 79.9. The van der Waals surface area contributed by atoms with Gasteiger partial charge in [0.05, 0.1) is 14.7 Å². The summed E-state index contributed by atoms with van der Waals surface area (Å²) in [5.74, 6) is -0.947. The molecule has 2 amide bonds. The second-order valence-corrected chi connectivity index (χ2v) is 8.39. The lowest BCUT2D eigenvalue weighted by atomic mass is 9.74. The van der Waals surface area contributed by atoms with Crippen molar-refractivity contribution in [1.82, 2.24) is 10.2 Å². The average Bonchev–Trinajstić information content (AvgIpc) is 2.73. The smallest absolute Gasteiger partial charge is 0.317 e. The van der Waals surface area contributed by atoms with Crippen molar-refractivity contribution >= 4 is 39.3 Å². The van der Waals surface area contributed by atoms with E-state index in [1.807, 2.05) is 11.4 Å². The largest absolute Gasteiger partial charge is 0.481 e. The Morgan fingerprint density at radius 2 is 1.95 bits per heavy atom. The van der Waals surface area contributed by atoms with Crippen LogP contribution in [0.15, 0.2) is 15.2 Å². The molecule has 1 heterocycles. The standard InChI is InChI=1S/C14H21BrN2O3S/c1-13(2,11(18)19)14(3,4)16-12(20)17(5)7-9-6-10(15)21-8-9/h6,8H,7H2,1-5H3,(H,16,20)(H,18,19). The van der Waals surface area contributed by atoms with Crippen LogP contribution in [0.25, 0.3) is 0 Å². The SMILES string of the molecule is CN(Cc1csc(Br)c1)C(=O)NC(C)(C)C(C)(C)C(=O)O. The molecule has 0 aromatic carbocycles. The van der Waals surface area contributed by atoms with Crippen LogP contribution in [0, 0.1) is 5.41 Å². The molecule has 0 aliphatic heterocycles. The molecule has 0 saturated carbocycles. The lowest BCUT2D eigenvalue weighted by Gasteiger charge is -2.39. The Balaban J connectivity index is 2.73. The number of hydrogen-bond acceptors (Lipinski definition) is 3. The number of hydrogen-bond donors (Lipinski definition) is 2. The van der Waals surface area contributed by atoms with Crippen molar-refractivity contribution in [3.63, 3.8) is 0 Å². The Labute approximate surface area is 137 Å². The van der Waals surface area contributed by atoms with E-state index in [2.05, 4.69) is 21.2 Å². The average molecular weight is 377 g/mol. The fraction of sp³-hybridized carbons (Fsp3) is 0.571. The summed E-state index contributed by atoms with van der Waals surface area (Å²) in [4.78, 5) is 25.1. The second kappa shape index (κ2) is 6.36. The molecule has 0 bridgehead atoms. The van der Waals surface area contributed by atoms with Crippen LogP contribution in [0.2, 0.25) is 0 Å². The molecule has 0 atom stereocenters. The zero-order valence-electron chi connectivity index (χ0n) is 12.9. The maximum Gasteiger partial charge on any atom is 0.317 e. The zero-order chi connectivity index (χ0) is 16.4. The Kier molecular flexibility index (Phi) is 5.44. The van der Waals surface area contributed by atoms with Gasteiger partial charge in [0.2, 0.25) is 0 Å². The van der Waals surface area contributed by atoms with Crippen LogP contribution in [-0.2, 0) is 11.3 Å². The van der Waals surface area contributed by atoms with E-state index in [-0.39, 0.29) is 6.03 Å². The molecule has 5 nitrogen and oxygen atoms in total. The lowest BCUT2D eigenvalue weighted by molar-refractivity contribution is -0.150. The van der Waals surface area contributed by atoms with Crippen LogP contribution in [0.1, 0.15) is 33.3 Å². The molecule has 7 heteroatoms. The van der Waals surface area contributed by atoms with Gasteiger partial charge in [0.1, 0.15) is 0 Å². The first-order valence-corrected chi connectivity index (χ1v) is 8.14. The van der Waals surface area contributed by atoms with Gasteiger partial charge in [0.25, 0.3) is 0 Å². The molecule has 1 aromatic rings. The van der Waals surface area contributed by atoms with Gasteiger partial charge in [0, 0.05) is 13.6 Å². The van der Waals surface area contributed by atoms with Crippen LogP contribution in [0.4, 0.5) is 4.79 Å². The number of halogens is 1. The van der Waals surface area contributed by atoms with E-state index >= 15 is 0 Å². The van der Waals surface area contributed by atoms with Crippen LogP contribution in [-0.4, -0.2) is 34.6 Å². The molecule has 0 aliphatic carbocycles. The molecular weight excluding hydrogens is 356 g/mol. The second-order valence-electron chi connectivity index (χ2n) is 6.10. The Morgan fingerprint density at radius 3 is 2.38 bits per heavy atom. The predicted molar refractivity (Wildman–Crippen MR) is 87.5 cm³/mol. The summed E-state index contributed by atoms with van der Waals surface area (Å²) in [6.45, 7) is 7.11. The molecule has 1 aromatic heterocycles. The highest BCUT2D eigenvalue weighted by molar-refractivity contribution is 9.11. The molecule has 0 saturated heterocycles. The third-order valence-electron chi connectivity index (χ3n) is 3.90. The van der Waals surface area contributed by atoms with E-state index in [0.717, 1.165) is 9.35 Å². The Morgan fingerprint density at radius 1 is 1.38 bits per heavy atom. The van der Waals surface area contributed by atoms with Gasteiger partial charge in [-0.1, -0.05) is 0 Å². The summed E-state index contributed by atoms with van der Waals surface area (Å²) < 4.78 is 1.01. The number of urea groups is 1. The molecule has 21 heavy (non-hydrogen) atoms. The molecule has 2 N–H and O–H groups in total. The number of carbonyl (C=O) groups excluding carboxylic acids is 1. The van der Waals surface area contributed by atoms with Crippen molar-refractivity contribution in [3.05, 3.63) is 20.8 Å². The number of carbonyl (C=O) groups is 2. The third-order valence-corrected chi connectivity index (χ3v) is 5.46. The minimum absolute atomic E-state index is 0.295. The van der Waals surface area contributed by atoms with Gasteiger partial charge in [-0.3, -0.25) is 4.79 Å². The Hall–Kier alpha value is -1.08. The van der Waals surface area contributed by atoms with Crippen molar-refractivity contribution in [1.29, 1.82) is 0 Å². The van der Waals surface area contributed by atoms with E-state index in [1.165, 1.54) is 4.90 Å². The van der Waals surface area contributed by atoms with Crippen LogP contribution in [0.5, 0.6) is 0 Å². The predicted octanol–water partition coefficient (Wildman–Crippen LogP) is 3.54. The number of carboxylic acid groups (broad SMARTS) is 1. The first kappa shape index (κ1) is 18.0. The van der Waals surface area contributed by atoms with E-state index < -0.39 is 16.9 Å². The number of amides is 2. The van der Waals surface area contributed by atoms with Gasteiger partial charge in [-0.2, -0.15) is 0 Å². The van der Waals surface area contributed by atoms with E-state index in [9.17, 15) is 14.7 Å². The van der Waals surface area contributed by atoms with Crippen molar-refractivity contribution in [2.45, 2.75) is 39.8 Å². The number of thiophene rings is 1. The third kappa shape index (κ3) is 4.20. The number of nitrogens with one attached hydrogen (secondary N) is 1. The Bertz CT molecular complexity index is 540. The maximum absolute atomic E-state index is 12.3. The first-order valence-electron chi connectivity index (χ1n) is 6.47. The fourth-order valence-corrected chi connectivity index (χ4v) is 2.76. The summed E-state index contributed by atoms with van der Waals surface area (Å²) >= 11 is 4.94. The lowest BCUT2D eigenvalue weighted by Crippen LogP contribution is -2.59. The minimum Gasteiger partial charge on any atom is -0.481 e. The van der Waals surface area contributed by atoms with Gasteiger partial charge >= 0.3 is 12.0 Å². The molecule has 0 unspecified atom stereocenters. The van der Waals surface area contributed by atoms with Gasteiger partial charge in [-0.25, -0.2) is 4.79 Å². The topological polar surface area (TPSA) is 69.6 Å². The van der Waals surface area contributed by atoms with E-state index in [0.29, 0.717) is 6.54 Å². The highest BCUT2D eigenvalue weighted by Gasteiger charge is 2.44. The molecule has 0 fully saturated rings. The summed E-state index contributed by atoms with van der Waals surface area (Å²) in [6, 6.07) is 1.66. The van der Waals surface area contributed by atoms with Crippen LogP contribution < -0.4 is 5.32 Å². The number of rotatable bonds is 5. The maximum atomic E-state index is 12.3. The van der Waals surface area contributed by atoms with Crippen molar-refractivity contribution < 1.29 is 14.7 Å². The van der Waals surface area contributed by atoms with Crippen molar-refractivity contribution in [2.24, 2.45) is 5.41 Å². The molecule has 0 aliphatic rings. The van der Waals surface area contributed by atoms with E-state index in [1.54, 1.807) is 46.1 Å². The number of carboxylic acids is 1. The van der Waals surface area contributed by atoms with Crippen molar-refractivity contribution in [3.8, 4) is 0 Å². The van der Waals surface area contributed by atoms with Gasteiger partial charge < -0.3 is 15.3 Å². The highest BCUT2D eigenvalue weighted by Crippen LogP contribution is 2.31. The van der Waals surface area contributed by atoms with E-state index in [4.69, 9.17) is 0 Å². The van der Waals surface area contributed by atoms with Gasteiger partial charge in [0.15, 0.2) is 0 Å². The molecule has 0 radical (unpaired) electrons.